The number of anilines is 1. The average molecular weight is 303 g/mol. The van der Waals surface area contributed by atoms with Crippen molar-refractivity contribution in [2.24, 2.45) is 0 Å². The zero-order valence-corrected chi connectivity index (χ0v) is 13.8. The molecule has 1 saturated heterocycles. The molecular weight excluding hydrogens is 278 g/mol. The van der Waals surface area contributed by atoms with Crippen LogP contribution in [0.5, 0.6) is 0 Å². The predicted octanol–water partition coefficient (Wildman–Crippen LogP) is 2.54. The Morgan fingerprint density at radius 3 is 2.73 bits per heavy atom. The van der Waals surface area contributed by atoms with Crippen molar-refractivity contribution in [3.8, 4) is 0 Å². The van der Waals surface area contributed by atoms with Crippen LogP contribution in [0.15, 0.2) is 24.3 Å². The summed E-state index contributed by atoms with van der Waals surface area (Å²) in [6.45, 7) is 9.12. The molecule has 0 aromatic heterocycles. The second-order valence-corrected chi connectivity index (χ2v) is 6.07. The normalized spacial score (nSPS) is 18.0. The molecule has 5 heteroatoms. The quantitative estimate of drug-likeness (QED) is 0.929. The van der Waals surface area contributed by atoms with E-state index in [0.717, 1.165) is 11.3 Å². The number of carbonyl (C=O) groups is 2. The Morgan fingerprint density at radius 2 is 2.18 bits per heavy atom. The lowest BCUT2D eigenvalue weighted by Crippen LogP contribution is -2.46. The monoisotopic (exact) mass is 303 g/mol. The van der Waals surface area contributed by atoms with Crippen molar-refractivity contribution in [3.63, 3.8) is 0 Å². The highest BCUT2D eigenvalue weighted by Crippen LogP contribution is 2.18. The summed E-state index contributed by atoms with van der Waals surface area (Å²) < 4.78 is 0. The minimum Gasteiger partial charge on any atom is -0.338 e. The fraction of sp³-hybridized carbons (Fsp3) is 0.529. The number of hydrogen-bond donors (Lipinski definition) is 1. The molecule has 3 amide bonds. The molecule has 1 atom stereocenters. The SMILES string of the molecule is CCN(C(=O)NC1CC(=O)N(C(C)C)C1)c1cccc(C)c1. The van der Waals surface area contributed by atoms with Crippen molar-refractivity contribution < 1.29 is 9.59 Å². The average Bonchev–Trinajstić information content (AvgIpc) is 2.80. The van der Waals surface area contributed by atoms with Crippen LogP contribution in [0.25, 0.3) is 0 Å². The van der Waals surface area contributed by atoms with Gasteiger partial charge < -0.3 is 10.2 Å². The fourth-order valence-electron chi connectivity index (χ4n) is 2.82. The number of amides is 3. The highest BCUT2D eigenvalue weighted by atomic mass is 16.2. The Bertz CT molecular complexity index is 557. The van der Waals surface area contributed by atoms with Crippen LogP contribution >= 0.6 is 0 Å². The summed E-state index contributed by atoms with van der Waals surface area (Å²) in [5.41, 5.74) is 2.00. The molecule has 5 nitrogen and oxygen atoms in total. The van der Waals surface area contributed by atoms with Crippen molar-refractivity contribution in [3.05, 3.63) is 29.8 Å². The molecule has 0 bridgehead atoms. The van der Waals surface area contributed by atoms with Crippen molar-refractivity contribution >= 4 is 17.6 Å². The van der Waals surface area contributed by atoms with Crippen molar-refractivity contribution in [2.75, 3.05) is 18.0 Å². The second kappa shape index (κ2) is 6.81. The Labute approximate surface area is 132 Å². The van der Waals surface area contributed by atoms with E-state index in [1.165, 1.54) is 0 Å². The number of urea groups is 1. The van der Waals surface area contributed by atoms with Gasteiger partial charge in [-0.1, -0.05) is 12.1 Å². The van der Waals surface area contributed by atoms with E-state index in [2.05, 4.69) is 5.32 Å². The van der Waals surface area contributed by atoms with Gasteiger partial charge in [-0.2, -0.15) is 0 Å². The van der Waals surface area contributed by atoms with Crippen LogP contribution in [0.2, 0.25) is 0 Å². The van der Waals surface area contributed by atoms with Crippen LogP contribution in [0.4, 0.5) is 10.5 Å². The number of aryl methyl sites for hydroxylation is 1. The Hall–Kier alpha value is -2.04. The van der Waals surface area contributed by atoms with Crippen LogP contribution in [0.1, 0.15) is 32.8 Å². The molecule has 120 valence electrons. The first-order valence-corrected chi connectivity index (χ1v) is 7.86. The predicted molar refractivity (Wildman–Crippen MR) is 88.0 cm³/mol. The molecule has 22 heavy (non-hydrogen) atoms. The standard InChI is InChI=1S/C17H25N3O2/c1-5-19(15-8-6-7-13(4)9-15)17(22)18-14-10-16(21)20(11-14)12(2)3/h6-9,12,14H,5,10-11H2,1-4H3,(H,18,22). The number of carbonyl (C=O) groups excluding carboxylic acids is 2. The van der Waals surface area contributed by atoms with Crippen LogP contribution in [-0.2, 0) is 4.79 Å². The smallest absolute Gasteiger partial charge is 0.322 e. The van der Waals surface area contributed by atoms with E-state index >= 15 is 0 Å². The minimum atomic E-state index is -0.142. The molecule has 1 aliphatic heterocycles. The molecule has 1 unspecified atom stereocenters. The first-order chi connectivity index (χ1) is 10.4. The molecule has 1 aromatic rings. The minimum absolute atomic E-state index is 0.110. The third-order valence-corrected chi connectivity index (χ3v) is 3.98. The summed E-state index contributed by atoms with van der Waals surface area (Å²) >= 11 is 0. The summed E-state index contributed by atoms with van der Waals surface area (Å²) in [6, 6.07) is 7.79. The summed E-state index contributed by atoms with van der Waals surface area (Å²) in [5.74, 6) is 0.110. The summed E-state index contributed by atoms with van der Waals surface area (Å²) in [6.07, 6.45) is 0.384. The Balaban J connectivity index is 2.03. The van der Waals surface area contributed by atoms with Crippen LogP contribution in [0, 0.1) is 6.92 Å². The van der Waals surface area contributed by atoms with Gasteiger partial charge in [-0.25, -0.2) is 4.79 Å². The van der Waals surface area contributed by atoms with Crippen molar-refractivity contribution in [1.29, 1.82) is 0 Å². The van der Waals surface area contributed by atoms with Crippen molar-refractivity contribution in [2.45, 2.75) is 46.2 Å². The molecule has 1 heterocycles. The lowest BCUT2D eigenvalue weighted by atomic mass is 10.2. The van der Waals surface area contributed by atoms with Gasteiger partial charge in [0.1, 0.15) is 0 Å². The van der Waals surface area contributed by atoms with Gasteiger partial charge in [0.05, 0.1) is 6.04 Å². The van der Waals surface area contributed by atoms with E-state index in [1.54, 1.807) is 4.90 Å². The van der Waals surface area contributed by atoms with Crippen LogP contribution < -0.4 is 10.2 Å². The number of nitrogens with one attached hydrogen (secondary N) is 1. The summed E-state index contributed by atoms with van der Waals surface area (Å²) in [4.78, 5) is 28.0. The molecule has 0 aliphatic carbocycles. The fourth-order valence-corrected chi connectivity index (χ4v) is 2.82. The van der Waals surface area contributed by atoms with E-state index in [-0.39, 0.29) is 24.0 Å². The van der Waals surface area contributed by atoms with Gasteiger partial charge >= 0.3 is 6.03 Å². The van der Waals surface area contributed by atoms with Crippen LogP contribution in [-0.4, -0.2) is 42.0 Å². The second-order valence-electron chi connectivity index (χ2n) is 6.07. The van der Waals surface area contributed by atoms with Gasteiger partial charge in [0.2, 0.25) is 5.91 Å². The number of likely N-dealkylation sites (tertiary alicyclic amines) is 1. The Morgan fingerprint density at radius 1 is 1.45 bits per heavy atom. The molecule has 0 spiro atoms. The van der Waals surface area contributed by atoms with Gasteiger partial charge in [-0.05, 0) is 45.4 Å². The molecule has 1 aliphatic rings. The third kappa shape index (κ3) is 3.59. The molecule has 1 N–H and O–H groups in total. The lowest BCUT2D eigenvalue weighted by molar-refractivity contribution is -0.129. The van der Waals surface area contributed by atoms with Crippen molar-refractivity contribution in [1.82, 2.24) is 10.2 Å². The van der Waals surface area contributed by atoms with E-state index in [9.17, 15) is 9.59 Å². The molecule has 2 rings (SSSR count). The zero-order valence-electron chi connectivity index (χ0n) is 13.8. The number of rotatable bonds is 4. The highest BCUT2D eigenvalue weighted by molar-refractivity contribution is 5.93. The van der Waals surface area contributed by atoms with Gasteiger partial charge in [0, 0.05) is 31.2 Å². The topological polar surface area (TPSA) is 52.7 Å². The lowest BCUT2D eigenvalue weighted by Gasteiger charge is -2.25. The van der Waals surface area contributed by atoms with Gasteiger partial charge in [0.15, 0.2) is 0 Å². The summed E-state index contributed by atoms with van der Waals surface area (Å²) in [7, 11) is 0. The number of nitrogens with zero attached hydrogens (tertiary/aromatic N) is 2. The zero-order chi connectivity index (χ0) is 16.3. The van der Waals surface area contributed by atoms with Gasteiger partial charge in [-0.15, -0.1) is 0 Å². The third-order valence-electron chi connectivity index (χ3n) is 3.98. The first-order valence-electron chi connectivity index (χ1n) is 7.86. The number of benzene rings is 1. The Kier molecular flexibility index (Phi) is 5.06. The van der Waals surface area contributed by atoms with Gasteiger partial charge in [-0.3, -0.25) is 9.69 Å². The van der Waals surface area contributed by atoms with Gasteiger partial charge in [0.25, 0.3) is 0 Å². The van der Waals surface area contributed by atoms with E-state index in [4.69, 9.17) is 0 Å². The molecule has 1 fully saturated rings. The number of hydrogen-bond acceptors (Lipinski definition) is 2. The largest absolute Gasteiger partial charge is 0.338 e. The first kappa shape index (κ1) is 16.3. The maximum atomic E-state index is 12.5. The summed E-state index contributed by atoms with van der Waals surface area (Å²) in [5, 5.41) is 2.99. The van der Waals surface area contributed by atoms with E-state index in [0.29, 0.717) is 19.5 Å². The van der Waals surface area contributed by atoms with E-state index < -0.39 is 0 Å². The highest BCUT2D eigenvalue weighted by Gasteiger charge is 2.32. The molecule has 1 aromatic carbocycles. The maximum Gasteiger partial charge on any atom is 0.322 e. The molecule has 0 saturated carbocycles. The maximum absolute atomic E-state index is 12.5. The van der Waals surface area contributed by atoms with E-state index in [1.807, 2.05) is 56.9 Å². The van der Waals surface area contributed by atoms with Crippen LogP contribution in [0.3, 0.4) is 0 Å². The molecule has 0 radical (unpaired) electrons. The molecular formula is C17H25N3O2.